The van der Waals surface area contributed by atoms with E-state index in [1.54, 1.807) is 0 Å². The van der Waals surface area contributed by atoms with E-state index >= 15 is 0 Å². The third-order valence-corrected chi connectivity index (χ3v) is 5.63. The van der Waals surface area contributed by atoms with Crippen molar-refractivity contribution in [3.05, 3.63) is 29.3 Å². The number of hydrogen-bond donors (Lipinski definition) is 1. The van der Waals surface area contributed by atoms with Gasteiger partial charge in [0.2, 0.25) is 5.91 Å². The Morgan fingerprint density at radius 1 is 1.10 bits per heavy atom. The van der Waals surface area contributed by atoms with Crippen molar-refractivity contribution in [2.24, 2.45) is 0 Å². The molecule has 1 aromatic rings. The van der Waals surface area contributed by atoms with E-state index < -0.39 is 41.6 Å². The summed E-state index contributed by atoms with van der Waals surface area (Å²) in [6, 6.07) is 2.29. The maximum Gasteiger partial charge on any atom is 0.397 e. The molecule has 2 fully saturated rings. The summed E-state index contributed by atoms with van der Waals surface area (Å²) in [5.41, 5.74) is -0.361. The van der Waals surface area contributed by atoms with E-state index in [0.717, 1.165) is 17.0 Å². The molecule has 2 amide bonds. The van der Waals surface area contributed by atoms with Crippen molar-refractivity contribution in [2.45, 2.75) is 37.5 Å². The van der Waals surface area contributed by atoms with Gasteiger partial charge in [0.05, 0.1) is 6.04 Å². The lowest BCUT2D eigenvalue weighted by molar-refractivity contribution is -0.162. The maximum absolute atomic E-state index is 14.2. The van der Waals surface area contributed by atoms with Gasteiger partial charge in [-0.1, -0.05) is 0 Å². The van der Waals surface area contributed by atoms with Crippen molar-refractivity contribution in [3.8, 4) is 0 Å². The van der Waals surface area contributed by atoms with Crippen molar-refractivity contribution in [1.82, 2.24) is 14.7 Å². The van der Waals surface area contributed by atoms with E-state index in [1.807, 2.05) is 0 Å². The predicted molar refractivity (Wildman–Crippen MR) is 104 cm³/mol. The topological polar surface area (TPSA) is 55.9 Å². The smallest absolute Gasteiger partial charge is 0.380 e. The van der Waals surface area contributed by atoms with E-state index in [9.17, 15) is 31.5 Å². The van der Waals surface area contributed by atoms with Gasteiger partial charge in [-0.05, 0) is 25.0 Å². The number of nitrogens with zero attached hydrogens (tertiary/aromatic N) is 3. The lowest BCUT2D eigenvalue weighted by atomic mass is 9.97. The first-order valence-electron chi connectivity index (χ1n) is 10.0. The van der Waals surface area contributed by atoms with Crippen LogP contribution in [0.4, 0.5) is 27.6 Å². The van der Waals surface area contributed by atoms with Gasteiger partial charge in [0, 0.05) is 52.0 Å². The molecule has 31 heavy (non-hydrogen) atoms. The first-order chi connectivity index (χ1) is 14.4. The van der Waals surface area contributed by atoms with Crippen molar-refractivity contribution >= 4 is 17.5 Å². The van der Waals surface area contributed by atoms with E-state index in [4.69, 9.17) is 0 Å². The second-order valence-corrected chi connectivity index (χ2v) is 8.21. The minimum Gasteiger partial charge on any atom is -0.380 e. The summed E-state index contributed by atoms with van der Waals surface area (Å²) >= 11 is 0. The fraction of sp³-hybridized carbons (Fsp3) is 0.600. The normalized spacial score (nSPS) is 18.6. The Labute approximate surface area is 177 Å². The number of likely N-dealkylation sites (tertiary alicyclic amines) is 2. The van der Waals surface area contributed by atoms with Gasteiger partial charge in [-0.3, -0.25) is 14.5 Å². The van der Waals surface area contributed by atoms with Gasteiger partial charge in [0.15, 0.2) is 0 Å². The van der Waals surface area contributed by atoms with Crippen LogP contribution in [0.2, 0.25) is 0 Å². The zero-order chi connectivity index (χ0) is 22.9. The fourth-order valence-electron chi connectivity index (χ4n) is 3.99. The van der Waals surface area contributed by atoms with Gasteiger partial charge >= 0.3 is 6.18 Å². The summed E-state index contributed by atoms with van der Waals surface area (Å²) in [6.07, 6.45) is -4.76. The van der Waals surface area contributed by atoms with Gasteiger partial charge in [-0.2, -0.15) is 13.2 Å². The standard InChI is InChI=1S/C20H25F5N4O2/c1-27(2)19(31)18-15(21)7-12(8-16(18)22)26-13-10-29(11-13)14-3-5-28(6-4-14)17(30)9-20(23,24)25/h7-8,13-14,26H,3-6,9-11H2,1-2H3. The van der Waals surface area contributed by atoms with Crippen molar-refractivity contribution in [3.63, 3.8) is 0 Å². The summed E-state index contributed by atoms with van der Waals surface area (Å²) in [7, 11) is 2.82. The lowest BCUT2D eigenvalue weighted by Gasteiger charge is -2.47. The maximum atomic E-state index is 14.2. The van der Waals surface area contributed by atoms with E-state index in [-0.39, 0.29) is 30.9 Å². The van der Waals surface area contributed by atoms with Gasteiger partial charge < -0.3 is 15.1 Å². The number of benzene rings is 1. The van der Waals surface area contributed by atoms with Crippen LogP contribution in [0.5, 0.6) is 0 Å². The largest absolute Gasteiger partial charge is 0.397 e. The molecule has 2 heterocycles. The highest BCUT2D eigenvalue weighted by atomic mass is 19.4. The fourth-order valence-corrected chi connectivity index (χ4v) is 3.99. The Kier molecular flexibility index (Phi) is 6.73. The SMILES string of the molecule is CN(C)C(=O)c1c(F)cc(NC2CN(C3CCN(C(=O)CC(F)(F)F)CC3)C2)cc1F. The first kappa shape index (κ1) is 23.2. The van der Waals surface area contributed by atoms with E-state index in [0.29, 0.717) is 25.9 Å². The van der Waals surface area contributed by atoms with Crippen molar-refractivity contribution in [2.75, 3.05) is 45.6 Å². The highest BCUT2D eigenvalue weighted by molar-refractivity contribution is 5.94. The van der Waals surface area contributed by atoms with Gasteiger partial charge in [0.25, 0.3) is 5.91 Å². The van der Waals surface area contributed by atoms with Crippen LogP contribution in [0.15, 0.2) is 12.1 Å². The Morgan fingerprint density at radius 2 is 1.65 bits per heavy atom. The summed E-state index contributed by atoms with van der Waals surface area (Å²) in [5.74, 6) is -3.52. The van der Waals surface area contributed by atoms with Crippen LogP contribution in [0, 0.1) is 11.6 Å². The molecule has 11 heteroatoms. The summed E-state index contributed by atoms with van der Waals surface area (Å²) in [5, 5.41) is 3.04. The van der Waals surface area contributed by atoms with Crippen LogP contribution in [0.25, 0.3) is 0 Å². The molecular weight excluding hydrogens is 423 g/mol. The molecule has 0 aliphatic carbocycles. The average molecular weight is 448 g/mol. The number of piperidine rings is 1. The molecule has 1 aromatic carbocycles. The summed E-state index contributed by atoms with van der Waals surface area (Å²) in [4.78, 5) is 28.0. The summed E-state index contributed by atoms with van der Waals surface area (Å²) < 4.78 is 65.6. The number of halogens is 5. The first-order valence-corrected chi connectivity index (χ1v) is 10.0. The minimum atomic E-state index is -4.50. The number of rotatable bonds is 5. The number of alkyl halides is 3. The number of nitrogens with one attached hydrogen (secondary N) is 1. The molecule has 6 nitrogen and oxygen atoms in total. The molecular formula is C20H25F5N4O2. The molecule has 0 unspecified atom stereocenters. The highest BCUT2D eigenvalue weighted by Gasteiger charge is 2.38. The van der Waals surface area contributed by atoms with Crippen molar-refractivity contribution < 1.29 is 31.5 Å². The van der Waals surface area contributed by atoms with Crippen LogP contribution in [-0.4, -0.2) is 85.0 Å². The van der Waals surface area contributed by atoms with Gasteiger partial charge in [-0.25, -0.2) is 8.78 Å². The van der Waals surface area contributed by atoms with Gasteiger partial charge in [-0.15, -0.1) is 0 Å². The van der Waals surface area contributed by atoms with Crippen LogP contribution in [0.1, 0.15) is 29.6 Å². The average Bonchev–Trinajstić information content (AvgIpc) is 2.62. The van der Waals surface area contributed by atoms with E-state index in [2.05, 4.69) is 10.2 Å². The number of hydrogen-bond acceptors (Lipinski definition) is 4. The summed E-state index contributed by atoms with van der Waals surface area (Å²) in [6.45, 7) is 1.80. The number of carbonyl (C=O) groups is 2. The molecule has 2 aliphatic heterocycles. The van der Waals surface area contributed by atoms with Gasteiger partial charge in [0.1, 0.15) is 23.6 Å². The predicted octanol–water partition coefficient (Wildman–Crippen LogP) is 2.71. The number of anilines is 1. The second kappa shape index (κ2) is 8.97. The molecule has 0 aromatic heterocycles. The van der Waals surface area contributed by atoms with Crippen LogP contribution in [-0.2, 0) is 4.79 Å². The second-order valence-electron chi connectivity index (χ2n) is 8.21. The molecule has 2 saturated heterocycles. The quantitative estimate of drug-likeness (QED) is 0.704. The number of amides is 2. The Balaban J connectivity index is 1.47. The Morgan fingerprint density at radius 3 is 2.13 bits per heavy atom. The third-order valence-electron chi connectivity index (χ3n) is 5.63. The van der Waals surface area contributed by atoms with Crippen molar-refractivity contribution in [1.29, 1.82) is 0 Å². The monoisotopic (exact) mass is 448 g/mol. The Bertz CT molecular complexity index is 808. The highest BCUT2D eigenvalue weighted by Crippen LogP contribution is 2.27. The Hall–Kier alpha value is -2.43. The molecule has 2 aliphatic rings. The molecule has 0 atom stereocenters. The van der Waals surface area contributed by atoms with Crippen LogP contribution < -0.4 is 5.32 Å². The molecule has 172 valence electrons. The van der Waals surface area contributed by atoms with E-state index in [1.165, 1.54) is 19.0 Å². The molecule has 0 bridgehead atoms. The zero-order valence-electron chi connectivity index (χ0n) is 17.3. The minimum absolute atomic E-state index is 0.0425. The lowest BCUT2D eigenvalue weighted by Crippen LogP contribution is -2.60. The third kappa shape index (κ3) is 5.63. The zero-order valence-corrected chi connectivity index (χ0v) is 17.3. The molecule has 3 rings (SSSR count). The molecule has 0 radical (unpaired) electrons. The molecule has 0 saturated carbocycles. The molecule has 0 spiro atoms. The number of carbonyl (C=O) groups excluding carboxylic acids is 2. The molecule has 1 N–H and O–H groups in total. The van der Waals surface area contributed by atoms with Crippen LogP contribution >= 0.6 is 0 Å². The van der Waals surface area contributed by atoms with Crippen LogP contribution in [0.3, 0.4) is 0 Å².